The summed E-state index contributed by atoms with van der Waals surface area (Å²) in [6.07, 6.45) is 2.91. The zero-order chi connectivity index (χ0) is 15.9. The van der Waals surface area contributed by atoms with Crippen LogP contribution in [-0.4, -0.2) is 28.9 Å². The number of nitrogens with zero attached hydrogens (tertiary/aromatic N) is 3. The average molecular weight is 429 g/mol. The minimum absolute atomic E-state index is 0. The molecule has 0 radical (unpaired) electrons. The Balaban J connectivity index is 0.00000264. The molecule has 0 bridgehead atoms. The molecule has 1 atom stereocenters. The smallest absolute Gasteiger partial charge is 0.189 e. The average Bonchev–Trinajstić information content (AvgIpc) is 3.02. The van der Waals surface area contributed by atoms with Gasteiger partial charge in [-0.15, -0.1) is 24.0 Å². The van der Waals surface area contributed by atoms with Gasteiger partial charge in [0, 0.05) is 12.2 Å². The van der Waals surface area contributed by atoms with Crippen molar-refractivity contribution in [2.24, 2.45) is 10.7 Å². The first-order chi connectivity index (χ1) is 10.6. The summed E-state index contributed by atoms with van der Waals surface area (Å²) >= 11 is 0. The molecule has 0 aliphatic heterocycles. The Morgan fingerprint density at radius 2 is 2.04 bits per heavy atom. The van der Waals surface area contributed by atoms with Crippen molar-refractivity contribution in [2.45, 2.75) is 32.9 Å². The van der Waals surface area contributed by atoms with E-state index in [0.29, 0.717) is 18.5 Å². The predicted octanol–water partition coefficient (Wildman–Crippen LogP) is 2.70. The van der Waals surface area contributed by atoms with Crippen LogP contribution in [0.4, 0.5) is 0 Å². The maximum absolute atomic E-state index is 5.84. The number of halogens is 1. The third kappa shape index (κ3) is 5.74. The summed E-state index contributed by atoms with van der Waals surface area (Å²) in [6.45, 7) is 4.63. The Hall–Kier alpha value is -1.77. The molecular weight excluding hydrogens is 405 g/mol. The summed E-state index contributed by atoms with van der Waals surface area (Å²) < 4.78 is 6.96. The number of ether oxygens (including phenoxy) is 1. The van der Waals surface area contributed by atoms with Gasteiger partial charge in [0.1, 0.15) is 5.75 Å². The Morgan fingerprint density at radius 3 is 2.65 bits per heavy atom. The van der Waals surface area contributed by atoms with E-state index in [2.05, 4.69) is 29.3 Å². The van der Waals surface area contributed by atoms with Crippen LogP contribution in [0.2, 0.25) is 0 Å². The van der Waals surface area contributed by atoms with Gasteiger partial charge in [0.2, 0.25) is 0 Å². The van der Waals surface area contributed by atoms with E-state index >= 15 is 0 Å². The maximum Gasteiger partial charge on any atom is 0.189 e. The van der Waals surface area contributed by atoms with Gasteiger partial charge < -0.3 is 15.8 Å². The van der Waals surface area contributed by atoms with Crippen molar-refractivity contribution in [1.82, 2.24) is 15.1 Å². The van der Waals surface area contributed by atoms with Crippen LogP contribution in [0, 0.1) is 0 Å². The monoisotopic (exact) mass is 429 g/mol. The molecule has 0 saturated carbocycles. The number of methoxy groups -OCH3 is 1. The van der Waals surface area contributed by atoms with Crippen LogP contribution < -0.4 is 15.8 Å². The van der Waals surface area contributed by atoms with Crippen molar-refractivity contribution < 1.29 is 4.74 Å². The summed E-state index contributed by atoms with van der Waals surface area (Å²) in [5, 5.41) is 7.62. The number of aliphatic imine (C=N–C) groups is 1. The summed E-state index contributed by atoms with van der Waals surface area (Å²) in [5.41, 5.74) is 7.68. The summed E-state index contributed by atoms with van der Waals surface area (Å²) in [5.74, 6) is 1.28. The van der Waals surface area contributed by atoms with E-state index in [9.17, 15) is 0 Å². The lowest BCUT2D eigenvalue weighted by atomic mass is 10.3. The molecule has 0 aliphatic carbocycles. The van der Waals surface area contributed by atoms with Crippen molar-refractivity contribution in [3.63, 3.8) is 0 Å². The fourth-order valence-corrected chi connectivity index (χ4v) is 1.89. The van der Waals surface area contributed by atoms with Crippen LogP contribution in [0.1, 0.15) is 26.0 Å². The quantitative estimate of drug-likeness (QED) is 0.421. The molecular formula is C16H24IN5O. The fourth-order valence-electron chi connectivity index (χ4n) is 1.89. The SMILES string of the molecule is CCC(C)NC(N)=NCc1ccn(-c2ccc(OC)cc2)n1.I. The van der Waals surface area contributed by atoms with Crippen LogP contribution in [0.5, 0.6) is 5.75 Å². The van der Waals surface area contributed by atoms with Gasteiger partial charge in [-0.25, -0.2) is 9.67 Å². The molecule has 3 N–H and O–H groups in total. The van der Waals surface area contributed by atoms with Gasteiger partial charge in [-0.05, 0) is 43.7 Å². The Morgan fingerprint density at radius 1 is 1.35 bits per heavy atom. The highest BCUT2D eigenvalue weighted by Crippen LogP contribution is 2.14. The molecule has 23 heavy (non-hydrogen) atoms. The molecule has 0 saturated heterocycles. The van der Waals surface area contributed by atoms with Gasteiger partial charge in [0.15, 0.2) is 5.96 Å². The predicted molar refractivity (Wildman–Crippen MR) is 104 cm³/mol. The molecule has 0 spiro atoms. The Labute approximate surface area is 154 Å². The molecule has 1 aromatic heterocycles. The van der Waals surface area contributed by atoms with Crippen LogP contribution in [-0.2, 0) is 6.54 Å². The van der Waals surface area contributed by atoms with Gasteiger partial charge >= 0.3 is 0 Å². The molecule has 0 fully saturated rings. The maximum atomic E-state index is 5.84. The highest BCUT2D eigenvalue weighted by atomic mass is 127. The van der Waals surface area contributed by atoms with E-state index in [0.717, 1.165) is 23.6 Å². The third-order valence-corrected chi connectivity index (χ3v) is 3.40. The van der Waals surface area contributed by atoms with Gasteiger partial charge in [0.05, 0.1) is 25.0 Å². The fraction of sp³-hybridized carbons (Fsp3) is 0.375. The highest BCUT2D eigenvalue weighted by Gasteiger charge is 2.03. The number of rotatable bonds is 6. The standard InChI is InChI=1S/C16H23N5O.HI/c1-4-12(2)19-16(17)18-11-13-9-10-21(20-13)14-5-7-15(22-3)8-6-14;/h5-10,12H,4,11H2,1-3H3,(H3,17,18,19);1H. The van der Waals surface area contributed by atoms with E-state index in [1.54, 1.807) is 7.11 Å². The molecule has 1 unspecified atom stereocenters. The van der Waals surface area contributed by atoms with Crippen molar-refractivity contribution in [3.8, 4) is 11.4 Å². The van der Waals surface area contributed by atoms with Crippen molar-refractivity contribution in [2.75, 3.05) is 7.11 Å². The largest absolute Gasteiger partial charge is 0.497 e. The first kappa shape index (κ1) is 19.3. The van der Waals surface area contributed by atoms with Crippen LogP contribution in [0.15, 0.2) is 41.5 Å². The number of hydrogen-bond acceptors (Lipinski definition) is 3. The molecule has 6 nitrogen and oxygen atoms in total. The highest BCUT2D eigenvalue weighted by molar-refractivity contribution is 14.0. The van der Waals surface area contributed by atoms with Crippen molar-refractivity contribution in [1.29, 1.82) is 0 Å². The van der Waals surface area contributed by atoms with E-state index in [4.69, 9.17) is 10.5 Å². The second-order valence-corrected chi connectivity index (χ2v) is 5.10. The molecule has 2 rings (SSSR count). The number of hydrogen-bond donors (Lipinski definition) is 2. The minimum atomic E-state index is 0. The second kappa shape index (κ2) is 9.39. The first-order valence-electron chi connectivity index (χ1n) is 7.37. The molecule has 7 heteroatoms. The number of nitrogens with two attached hydrogens (primary N) is 1. The second-order valence-electron chi connectivity index (χ2n) is 5.10. The molecule has 126 valence electrons. The van der Waals surface area contributed by atoms with Crippen LogP contribution >= 0.6 is 24.0 Å². The van der Waals surface area contributed by atoms with Crippen LogP contribution in [0.3, 0.4) is 0 Å². The molecule has 0 amide bonds. The summed E-state index contributed by atoms with van der Waals surface area (Å²) in [4.78, 5) is 4.30. The van der Waals surface area contributed by atoms with Crippen molar-refractivity contribution in [3.05, 3.63) is 42.2 Å². The third-order valence-electron chi connectivity index (χ3n) is 3.40. The van der Waals surface area contributed by atoms with Gasteiger partial charge in [-0.1, -0.05) is 6.92 Å². The van der Waals surface area contributed by atoms with Gasteiger partial charge in [-0.3, -0.25) is 0 Å². The van der Waals surface area contributed by atoms with E-state index < -0.39 is 0 Å². The summed E-state index contributed by atoms with van der Waals surface area (Å²) in [7, 11) is 1.65. The van der Waals surface area contributed by atoms with Gasteiger partial charge in [0.25, 0.3) is 0 Å². The lowest BCUT2D eigenvalue weighted by Gasteiger charge is -2.11. The normalized spacial score (nSPS) is 12.4. The molecule has 1 heterocycles. The van der Waals surface area contributed by atoms with Crippen LogP contribution in [0.25, 0.3) is 5.69 Å². The minimum Gasteiger partial charge on any atom is -0.497 e. The first-order valence-corrected chi connectivity index (χ1v) is 7.37. The van der Waals surface area contributed by atoms with E-state index in [1.165, 1.54) is 0 Å². The zero-order valence-electron chi connectivity index (χ0n) is 13.7. The Kier molecular flexibility index (Phi) is 7.87. The number of aromatic nitrogens is 2. The number of benzene rings is 1. The number of guanidine groups is 1. The lowest BCUT2D eigenvalue weighted by molar-refractivity contribution is 0.414. The van der Waals surface area contributed by atoms with Gasteiger partial charge in [-0.2, -0.15) is 5.10 Å². The zero-order valence-corrected chi connectivity index (χ0v) is 16.0. The topological polar surface area (TPSA) is 77.5 Å². The summed E-state index contributed by atoms with van der Waals surface area (Å²) in [6, 6.07) is 9.98. The van der Waals surface area contributed by atoms with E-state index in [1.807, 2.05) is 41.2 Å². The van der Waals surface area contributed by atoms with Crippen molar-refractivity contribution >= 4 is 29.9 Å². The lowest BCUT2D eigenvalue weighted by Crippen LogP contribution is -2.38. The number of nitrogens with one attached hydrogen (secondary N) is 1. The Bertz CT molecular complexity index is 624. The molecule has 0 aliphatic rings. The molecule has 1 aromatic carbocycles. The molecule has 2 aromatic rings. The van der Waals surface area contributed by atoms with E-state index in [-0.39, 0.29) is 24.0 Å².